The Morgan fingerprint density at radius 2 is 0.571 bits per heavy atom. The fourth-order valence-corrected chi connectivity index (χ4v) is 5.64. The molecule has 212 valence electrons. The fraction of sp³-hybridized carbons (Fsp3) is 0. The number of hydrogen-bond acceptors (Lipinski definition) is 12. The number of para-hydroxylation sites is 8. The van der Waals surface area contributed by atoms with E-state index in [1.807, 2.05) is 0 Å². The number of benzene rings is 4. The Hall–Kier alpha value is -4.48. The third-order valence-corrected chi connectivity index (χ3v) is 8.47. The number of rotatable bonds is 12. The van der Waals surface area contributed by atoms with Crippen LogP contribution in [0.3, 0.4) is 0 Å². The van der Waals surface area contributed by atoms with Gasteiger partial charge in [-0.25, -0.2) is 0 Å². The molecular formula is C24H16N4O12Pb2. The average Bonchev–Trinajstić information content (AvgIpc) is 2.98. The van der Waals surface area contributed by atoms with Crippen molar-refractivity contribution in [2.24, 2.45) is 0 Å². The summed E-state index contributed by atoms with van der Waals surface area (Å²) in [7, 11) is 0. The Labute approximate surface area is 262 Å². The van der Waals surface area contributed by atoms with Crippen LogP contribution in [-0.2, 0) is 11.2 Å². The summed E-state index contributed by atoms with van der Waals surface area (Å²) in [5.74, 6) is -2.00. The molecule has 0 spiro atoms. The van der Waals surface area contributed by atoms with Crippen LogP contribution in [-0.4, -0.2) is 70.0 Å². The van der Waals surface area contributed by atoms with Gasteiger partial charge in [0, 0.05) is 0 Å². The zero-order valence-electron chi connectivity index (χ0n) is 20.9. The van der Waals surface area contributed by atoms with E-state index in [1.54, 1.807) is 0 Å². The van der Waals surface area contributed by atoms with Crippen LogP contribution in [0.4, 0.5) is 22.7 Å². The molecule has 0 unspecified atom stereocenters. The van der Waals surface area contributed by atoms with Gasteiger partial charge >= 0.3 is 264 Å². The second kappa shape index (κ2) is 16.1. The summed E-state index contributed by atoms with van der Waals surface area (Å²) in [4.78, 5) is 46.2. The van der Waals surface area contributed by atoms with Crippen molar-refractivity contribution >= 4 is 73.0 Å². The van der Waals surface area contributed by atoms with Gasteiger partial charge in [-0.05, 0) is 0 Å². The van der Waals surface area contributed by atoms with Crippen LogP contribution < -0.4 is 20.4 Å². The Balaban J connectivity index is 0.000000230. The Kier molecular flexibility index (Phi) is 12.3. The monoisotopic (exact) mass is 968 g/mol. The van der Waals surface area contributed by atoms with Crippen LogP contribution in [0.5, 0.6) is 23.0 Å². The van der Waals surface area contributed by atoms with Gasteiger partial charge in [0.25, 0.3) is 0 Å². The van der Waals surface area contributed by atoms with E-state index in [4.69, 9.17) is 11.2 Å². The molecule has 4 radical (unpaired) electrons. The number of hydrogen-bond donors (Lipinski definition) is 0. The van der Waals surface area contributed by atoms with Gasteiger partial charge in [0.1, 0.15) is 0 Å². The SMILES string of the molecule is O=[N+]([O][Pb][O][N+](=O)c1ccccc1[O-])c1ccccc1[O-].O=[N+]([O][Pb][O][N+](=O)c1ccccc1[O-])c1ccccc1[O-]. The van der Waals surface area contributed by atoms with Crippen LogP contribution in [0, 0.1) is 19.6 Å². The van der Waals surface area contributed by atoms with Gasteiger partial charge in [0.15, 0.2) is 0 Å². The Morgan fingerprint density at radius 3 is 0.762 bits per heavy atom. The molecule has 0 aliphatic heterocycles. The normalized spacial score (nSPS) is 9.90. The topological polar surface area (TPSA) is 209 Å². The van der Waals surface area contributed by atoms with Crippen molar-refractivity contribution < 1.29 is 51.3 Å². The summed E-state index contributed by atoms with van der Waals surface area (Å²) in [5.41, 5.74) is -0.795. The molecule has 0 aromatic heterocycles. The maximum absolute atomic E-state index is 11.5. The standard InChI is InChI=1S/4C6H5NO3.2Pb/c4*8-6-4-2-1-3-5(6)7(9)10;;/h4*1-4,8H;;/q;;;;2*+2/p-4. The molecule has 4 aromatic carbocycles. The first-order valence-corrected chi connectivity index (χ1v) is 17.6. The molecule has 0 aliphatic rings. The van der Waals surface area contributed by atoms with E-state index in [1.165, 1.54) is 97.1 Å². The van der Waals surface area contributed by atoms with Crippen molar-refractivity contribution in [2.75, 3.05) is 0 Å². The summed E-state index contributed by atoms with van der Waals surface area (Å²) >= 11 is -5.15. The summed E-state index contributed by atoms with van der Waals surface area (Å²) in [5, 5.41) is 45.5. The molecule has 0 atom stereocenters. The zero-order valence-corrected chi connectivity index (χ0v) is 28.7. The molecule has 0 bridgehead atoms. The van der Waals surface area contributed by atoms with Gasteiger partial charge in [-0.3, -0.25) is 0 Å². The molecule has 16 nitrogen and oxygen atoms in total. The molecule has 18 heteroatoms. The minimum atomic E-state index is -2.57. The Morgan fingerprint density at radius 1 is 0.381 bits per heavy atom. The molecule has 0 fully saturated rings. The van der Waals surface area contributed by atoms with E-state index >= 15 is 0 Å². The van der Waals surface area contributed by atoms with Gasteiger partial charge < -0.3 is 0 Å². The van der Waals surface area contributed by atoms with Crippen LogP contribution >= 0.6 is 0 Å². The summed E-state index contributed by atoms with van der Waals surface area (Å²) in [6, 6.07) is 22.0. The second-order valence-corrected chi connectivity index (χ2v) is 11.6. The molecule has 42 heavy (non-hydrogen) atoms. The van der Waals surface area contributed by atoms with Crippen molar-refractivity contribution in [1.82, 2.24) is 0 Å². The Bertz CT molecular complexity index is 1360. The number of nitrogens with zero attached hydrogens (tertiary/aromatic N) is 4. The predicted molar refractivity (Wildman–Crippen MR) is 133 cm³/mol. The van der Waals surface area contributed by atoms with Crippen LogP contribution in [0.25, 0.3) is 0 Å². The van der Waals surface area contributed by atoms with Crippen molar-refractivity contribution in [2.45, 2.75) is 0 Å². The van der Waals surface area contributed by atoms with Crippen molar-refractivity contribution in [3.63, 3.8) is 0 Å². The zero-order chi connectivity index (χ0) is 30.5. The van der Waals surface area contributed by atoms with Gasteiger partial charge in [-0.15, -0.1) is 0 Å². The van der Waals surface area contributed by atoms with Gasteiger partial charge in [-0.1, -0.05) is 0 Å². The molecule has 0 saturated heterocycles. The predicted octanol–water partition coefficient (Wildman–Crippen LogP) is 1.50. The van der Waals surface area contributed by atoms with Crippen molar-refractivity contribution in [1.29, 1.82) is 0 Å². The molecule has 0 aliphatic carbocycles. The molecule has 4 aromatic rings. The van der Waals surface area contributed by atoms with Gasteiger partial charge in [0.2, 0.25) is 0 Å². The molecular weight excluding hydrogens is 951 g/mol. The van der Waals surface area contributed by atoms with E-state index < -0.39 is 73.3 Å². The average molecular weight is 967 g/mol. The third-order valence-electron chi connectivity index (χ3n) is 4.73. The first-order valence-electron chi connectivity index (χ1n) is 11.3. The molecule has 4 rings (SSSR count). The van der Waals surface area contributed by atoms with Crippen molar-refractivity contribution in [3.05, 3.63) is 117 Å². The van der Waals surface area contributed by atoms with E-state index in [-0.39, 0.29) is 42.4 Å². The van der Waals surface area contributed by atoms with Crippen LogP contribution in [0.1, 0.15) is 0 Å². The van der Waals surface area contributed by atoms with E-state index in [9.17, 15) is 40.1 Å². The van der Waals surface area contributed by atoms with Gasteiger partial charge in [0.05, 0.1) is 0 Å². The minimum absolute atomic E-state index is 0.0301. The summed E-state index contributed by atoms with van der Waals surface area (Å²) < 4.78 is 19.0. The first kappa shape index (κ1) is 32.0. The van der Waals surface area contributed by atoms with E-state index in [0.717, 1.165) is 0 Å². The fourth-order valence-electron chi connectivity index (χ4n) is 2.80. The van der Waals surface area contributed by atoms with E-state index in [2.05, 4.69) is 0 Å². The van der Waals surface area contributed by atoms with Gasteiger partial charge in [-0.2, -0.15) is 0 Å². The van der Waals surface area contributed by atoms with Crippen LogP contribution in [0.2, 0.25) is 0 Å². The molecule has 0 amide bonds. The first-order chi connectivity index (χ1) is 20.2. The third kappa shape index (κ3) is 9.29. The van der Waals surface area contributed by atoms with E-state index in [0.29, 0.717) is 0 Å². The van der Waals surface area contributed by atoms with Crippen molar-refractivity contribution in [3.8, 4) is 23.0 Å². The molecule has 0 heterocycles. The maximum atomic E-state index is 11.5. The quantitative estimate of drug-likeness (QED) is 0.146. The molecule has 0 N–H and O–H groups in total. The summed E-state index contributed by atoms with van der Waals surface area (Å²) in [6.07, 6.45) is 0. The van der Waals surface area contributed by atoms with Crippen LogP contribution in [0.15, 0.2) is 97.1 Å². The second-order valence-electron chi connectivity index (χ2n) is 7.43. The summed E-state index contributed by atoms with van der Waals surface area (Å²) in [6.45, 7) is 0. The molecule has 0 saturated carbocycles.